The highest BCUT2D eigenvalue weighted by molar-refractivity contribution is 6.30. The van der Waals surface area contributed by atoms with Crippen LogP contribution in [0.1, 0.15) is 48.0 Å². The molecule has 1 aliphatic carbocycles. The predicted octanol–water partition coefficient (Wildman–Crippen LogP) is 4.85. The number of hydrogen-bond acceptors (Lipinski definition) is 3. The van der Waals surface area contributed by atoms with Gasteiger partial charge in [-0.25, -0.2) is 0 Å². The minimum Gasteiger partial charge on any atom is -0.354 e. The van der Waals surface area contributed by atoms with Crippen molar-refractivity contribution in [3.8, 4) is 0 Å². The summed E-state index contributed by atoms with van der Waals surface area (Å²) < 4.78 is 0. The first-order chi connectivity index (χ1) is 11.6. The van der Waals surface area contributed by atoms with Gasteiger partial charge in [-0.05, 0) is 49.6 Å². The summed E-state index contributed by atoms with van der Waals surface area (Å²) in [6.45, 7) is 1.99. The molecule has 2 aromatic rings. The van der Waals surface area contributed by atoms with Crippen molar-refractivity contribution in [2.45, 2.75) is 45.1 Å². The summed E-state index contributed by atoms with van der Waals surface area (Å²) in [6, 6.07) is 7.79. The van der Waals surface area contributed by atoms with Crippen molar-refractivity contribution in [1.29, 1.82) is 0 Å². The van der Waals surface area contributed by atoms with Crippen LogP contribution in [0.2, 0.25) is 5.02 Å². The van der Waals surface area contributed by atoms with Crippen LogP contribution in [0.4, 0.5) is 11.4 Å². The first-order valence-electron chi connectivity index (χ1n) is 8.41. The number of anilines is 2. The van der Waals surface area contributed by atoms with Gasteiger partial charge in [0.05, 0.1) is 17.4 Å². The molecule has 4 nitrogen and oxygen atoms in total. The summed E-state index contributed by atoms with van der Waals surface area (Å²) in [4.78, 5) is 16.6. The Hall–Kier alpha value is -2.07. The molecule has 1 saturated carbocycles. The summed E-state index contributed by atoms with van der Waals surface area (Å²) in [6.07, 6.45) is 9.13. The van der Waals surface area contributed by atoms with Gasteiger partial charge in [0.25, 0.3) is 5.91 Å². The van der Waals surface area contributed by atoms with E-state index < -0.39 is 0 Å². The van der Waals surface area contributed by atoms with E-state index in [0.717, 1.165) is 29.8 Å². The fourth-order valence-electron chi connectivity index (χ4n) is 3.07. The minimum atomic E-state index is -0.0501. The zero-order valence-electron chi connectivity index (χ0n) is 13.8. The molecule has 0 aliphatic heterocycles. The van der Waals surface area contributed by atoms with Gasteiger partial charge in [0, 0.05) is 22.9 Å². The normalized spacial score (nSPS) is 15.1. The van der Waals surface area contributed by atoms with E-state index in [-0.39, 0.29) is 5.91 Å². The van der Waals surface area contributed by atoms with Gasteiger partial charge in [-0.15, -0.1) is 0 Å². The Labute approximate surface area is 147 Å². The molecule has 1 aromatic carbocycles. The van der Waals surface area contributed by atoms with Crippen molar-refractivity contribution in [2.75, 3.05) is 5.32 Å². The highest BCUT2D eigenvalue weighted by atomic mass is 35.5. The van der Waals surface area contributed by atoms with Gasteiger partial charge in [-0.1, -0.05) is 30.9 Å². The van der Waals surface area contributed by atoms with Crippen LogP contribution in [0.25, 0.3) is 0 Å². The highest BCUT2D eigenvalue weighted by Crippen LogP contribution is 2.24. The van der Waals surface area contributed by atoms with E-state index in [4.69, 9.17) is 11.6 Å². The molecule has 0 atom stereocenters. The van der Waals surface area contributed by atoms with Gasteiger partial charge in [0.2, 0.25) is 0 Å². The molecule has 1 amide bonds. The zero-order valence-corrected chi connectivity index (χ0v) is 14.6. The molecule has 0 unspecified atom stereocenters. The van der Waals surface area contributed by atoms with Crippen LogP contribution in [-0.4, -0.2) is 16.9 Å². The number of nitrogens with zero attached hydrogens (tertiary/aromatic N) is 1. The Bertz CT molecular complexity index is 726. The lowest BCUT2D eigenvalue weighted by atomic mass is 9.95. The zero-order chi connectivity index (χ0) is 16.9. The van der Waals surface area contributed by atoms with Crippen molar-refractivity contribution >= 4 is 28.9 Å². The summed E-state index contributed by atoms with van der Waals surface area (Å²) in [7, 11) is 0. The second kappa shape index (κ2) is 7.67. The third-order valence-corrected chi connectivity index (χ3v) is 4.64. The van der Waals surface area contributed by atoms with Crippen molar-refractivity contribution in [3.05, 3.63) is 52.8 Å². The summed E-state index contributed by atoms with van der Waals surface area (Å²) in [5, 5.41) is 7.12. The third-order valence-electron chi connectivity index (χ3n) is 4.41. The van der Waals surface area contributed by atoms with Gasteiger partial charge < -0.3 is 10.6 Å². The average Bonchev–Trinajstić information content (AvgIpc) is 2.59. The summed E-state index contributed by atoms with van der Waals surface area (Å²) in [5.74, 6) is -0.0501. The van der Waals surface area contributed by atoms with Gasteiger partial charge in [-0.2, -0.15) is 0 Å². The molecule has 0 radical (unpaired) electrons. The molecular formula is C19H22ClN3O. The molecule has 5 heteroatoms. The number of carbonyl (C=O) groups is 1. The second-order valence-electron chi connectivity index (χ2n) is 6.35. The fraction of sp³-hybridized carbons (Fsp3) is 0.368. The Morgan fingerprint density at radius 1 is 1.17 bits per heavy atom. The number of halogens is 1. The molecule has 0 bridgehead atoms. The van der Waals surface area contributed by atoms with Crippen LogP contribution < -0.4 is 10.6 Å². The second-order valence-corrected chi connectivity index (χ2v) is 6.79. The highest BCUT2D eigenvalue weighted by Gasteiger charge is 2.17. The summed E-state index contributed by atoms with van der Waals surface area (Å²) in [5.41, 5.74) is 3.36. The van der Waals surface area contributed by atoms with Crippen LogP contribution in [0.3, 0.4) is 0 Å². The molecule has 1 aromatic heterocycles. The third kappa shape index (κ3) is 4.26. The smallest absolute Gasteiger partial charge is 0.253 e. The maximum Gasteiger partial charge on any atom is 0.253 e. The van der Waals surface area contributed by atoms with Crippen LogP contribution in [0.15, 0.2) is 36.7 Å². The topological polar surface area (TPSA) is 54.0 Å². The van der Waals surface area contributed by atoms with Crippen LogP contribution in [0.5, 0.6) is 0 Å². The number of benzene rings is 1. The van der Waals surface area contributed by atoms with E-state index >= 15 is 0 Å². The molecule has 24 heavy (non-hydrogen) atoms. The monoisotopic (exact) mass is 343 g/mol. The largest absolute Gasteiger partial charge is 0.354 e. The summed E-state index contributed by atoms with van der Waals surface area (Å²) >= 11 is 5.99. The molecule has 1 aliphatic rings. The predicted molar refractivity (Wildman–Crippen MR) is 98.0 cm³/mol. The van der Waals surface area contributed by atoms with Crippen LogP contribution >= 0.6 is 11.6 Å². The number of pyridine rings is 1. The number of nitrogens with one attached hydrogen (secondary N) is 2. The van der Waals surface area contributed by atoms with Crippen LogP contribution in [0, 0.1) is 6.92 Å². The van der Waals surface area contributed by atoms with Gasteiger partial charge in [0.15, 0.2) is 0 Å². The Morgan fingerprint density at radius 2 is 1.96 bits per heavy atom. The Kier molecular flexibility index (Phi) is 5.36. The molecule has 126 valence electrons. The molecular weight excluding hydrogens is 322 g/mol. The van der Waals surface area contributed by atoms with Crippen molar-refractivity contribution < 1.29 is 4.79 Å². The number of aromatic nitrogens is 1. The first kappa shape index (κ1) is 16.8. The average molecular weight is 344 g/mol. The van der Waals surface area contributed by atoms with Gasteiger partial charge in [-0.3, -0.25) is 9.78 Å². The fourth-order valence-corrected chi connectivity index (χ4v) is 3.30. The lowest BCUT2D eigenvalue weighted by Gasteiger charge is -2.22. The van der Waals surface area contributed by atoms with E-state index in [0.29, 0.717) is 16.6 Å². The van der Waals surface area contributed by atoms with Gasteiger partial charge in [0.1, 0.15) is 0 Å². The van der Waals surface area contributed by atoms with Crippen molar-refractivity contribution in [2.24, 2.45) is 0 Å². The Morgan fingerprint density at radius 3 is 2.71 bits per heavy atom. The molecule has 3 rings (SSSR count). The number of carbonyl (C=O) groups excluding carboxylic acids is 1. The van der Waals surface area contributed by atoms with E-state index in [1.54, 1.807) is 12.4 Å². The molecule has 2 N–H and O–H groups in total. The van der Waals surface area contributed by atoms with E-state index in [9.17, 15) is 4.79 Å². The molecule has 0 spiro atoms. The van der Waals surface area contributed by atoms with Crippen molar-refractivity contribution in [1.82, 2.24) is 10.3 Å². The lowest BCUT2D eigenvalue weighted by molar-refractivity contribution is 0.0927. The van der Waals surface area contributed by atoms with E-state index in [2.05, 4.69) is 15.6 Å². The first-order valence-corrected chi connectivity index (χ1v) is 8.79. The standard InChI is InChI=1S/C19H22ClN3O/c1-13-9-15(20)7-8-18(13)22-17-10-14(11-21-12-17)19(24)23-16-5-3-2-4-6-16/h7-12,16,22H,2-6H2,1H3,(H,23,24). The number of aryl methyl sites for hydroxylation is 1. The number of amides is 1. The lowest BCUT2D eigenvalue weighted by Crippen LogP contribution is -2.36. The maximum absolute atomic E-state index is 12.4. The van der Waals surface area contributed by atoms with E-state index in [1.807, 2.05) is 31.2 Å². The van der Waals surface area contributed by atoms with Crippen LogP contribution in [-0.2, 0) is 0 Å². The minimum absolute atomic E-state index is 0.0501. The molecule has 1 heterocycles. The molecule has 0 saturated heterocycles. The SMILES string of the molecule is Cc1cc(Cl)ccc1Nc1cncc(C(=O)NC2CCCCC2)c1. The van der Waals surface area contributed by atoms with E-state index in [1.165, 1.54) is 19.3 Å². The van der Waals surface area contributed by atoms with Crippen molar-refractivity contribution in [3.63, 3.8) is 0 Å². The van der Waals surface area contributed by atoms with Gasteiger partial charge >= 0.3 is 0 Å². The number of hydrogen-bond donors (Lipinski definition) is 2. The number of rotatable bonds is 4. The maximum atomic E-state index is 12.4. The molecule has 1 fully saturated rings. The Balaban J connectivity index is 1.70. The quantitative estimate of drug-likeness (QED) is 0.834.